The van der Waals surface area contributed by atoms with Crippen molar-refractivity contribution in [3.63, 3.8) is 0 Å². The van der Waals surface area contributed by atoms with E-state index in [0.29, 0.717) is 6.04 Å². The van der Waals surface area contributed by atoms with Crippen LogP contribution < -0.4 is 5.73 Å². The molecule has 0 unspecified atom stereocenters. The largest absolute Gasteiger partial charge is 0.398 e. The number of nitrogen functional groups attached to an aromatic ring is 1. The highest BCUT2D eigenvalue weighted by molar-refractivity contribution is 9.10. The van der Waals surface area contributed by atoms with E-state index in [1.165, 1.54) is 0 Å². The zero-order chi connectivity index (χ0) is 13.6. The lowest BCUT2D eigenvalue weighted by atomic mass is 9.82. The quantitative estimate of drug-likeness (QED) is 0.863. The summed E-state index contributed by atoms with van der Waals surface area (Å²) < 4.78 is 2.89. The summed E-state index contributed by atoms with van der Waals surface area (Å²) in [5.41, 5.74) is 8.78. The van der Waals surface area contributed by atoms with Gasteiger partial charge in [0.25, 0.3) is 0 Å². The molecule has 0 radical (unpaired) electrons. The molecule has 1 fully saturated rings. The minimum Gasteiger partial charge on any atom is -0.398 e. The smallest absolute Gasteiger partial charge is 0.182 e. The third-order valence-electron chi connectivity index (χ3n) is 3.84. The van der Waals surface area contributed by atoms with E-state index in [1.54, 1.807) is 0 Å². The zero-order valence-corrected chi connectivity index (χ0v) is 12.6. The Morgan fingerprint density at radius 2 is 2.11 bits per heavy atom. The monoisotopic (exact) mass is 321 g/mol. The third kappa shape index (κ3) is 2.14. The van der Waals surface area contributed by atoms with Crippen molar-refractivity contribution in [3.8, 4) is 11.4 Å². The van der Waals surface area contributed by atoms with Crippen LogP contribution in [0, 0.1) is 12.8 Å². The Balaban J connectivity index is 2.06. The second-order valence-electron chi connectivity index (χ2n) is 5.35. The molecule has 1 aromatic carbocycles. The average Bonchev–Trinajstić information content (AvgIpc) is 2.78. The van der Waals surface area contributed by atoms with Crippen LogP contribution in [0.15, 0.2) is 16.6 Å². The van der Waals surface area contributed by atoms with Gasteiger partial charge in [-0.25, -0.2) is 4.68 Å². The number of benzene rings is 1. The van der Waals surface area contributed by atoms with Crippen molar-refractivity contribution in [1.82, 2.24) is 20.2 Å². The van der Waals surface area contributed by atoms with Gasteiger partial charge in [-0.15, -0.1) is 5.10 Å². The zero-order valence-electron chi connectivity index (χ0n) is 11.0. The first-order chi connectivity index (χ1) is 9.06. The van der Waals surface area contributed by atoms with Crippen LogP contribution in [0.4, 0.5) is 5.69 Å². The minimum atomic E-state index is 0.416. The van der Waals surface area contributed by atoms with E-state index in [1.807, 2.05) is 23.7 Å². The van der Waals surface area contributed by atoms with Gasteiger partial charge in [0.05, 0.1) is 6.04 Å². The summed E-state index contributed by atoms with van der Waals surface area (Å²) in [7, 11) is 0. The highest BCUT2D eigenvalue weighted by Crippen LogP contribution is 2.39. The van der Waals surface area contributed by atoms with Crippen LogP contribution in [0.1, 0.15) is 31.4 Å². The molecule has 5 nitrogen and oxygen atoms in total. The van der Waals surface area contributed by atoms with E-state index in [0.717, 1.165) is 45.9 Å². The van der Waals surface area contributed by atoms with Crippen LogP contribution >= 0.6 is 15.9 Å². The lowest BCUT2D eigenvalue weighted by molar-refractivity contribution is 0.199. The fourth-order valence-corrected chi connectivity index (χ4v) is 3.08. The summed E-state index contributed by atoms with van der Waals surface area (Å²) in [4.78, 5) is 0. The Morgan fingerprint density at radius 3 is 2.79 bits per heavy atom. The number of tetrazole rings is 1. The molecular weight excluding hydrogens is 306 g/mol. The number of rotatable bonds is 2. The predicted molar refractivity (Wildman–Crippen MR) is 77.5 cm³/mol. The van der Waals surface area contributed by atoms with Crippen LogP contribution in [0.25, 0.3) is 11.4 Å². The summed E-state index contributed by atoms with van der Waals surface area (Å²) >= 11 is 3.48. The first kappa shape index (κ1) is 12.6. The highest BCUT2D eigenvalue weighted by Gasteiger charge is 2.30. The molecule has 2 aromatic rings. The molecule has 0 amide bonds. The average molecular weight is 322 g/mol. The summed E-state index contributed by atoms with van der Waals surface area (Å²) in [6, 6.07) is 4.34. The van der Waals surface area contributed by atoms with Crippen molar-refractivity contribution in [3.05, 3.63) is 22.2 Å². The van der Waals surface area contributed by atoms with Crippen molar-refractivity contribution < 1.29 is 0 Å². The maximum atomic E-state index is 6.01. The fraction of sp³-hybridized carbons (Fsp3) is 0.462. The Labute approximate surface area is 120 Å². The van der Waals surface area contributed by atoms with Gasteiger partial charge in [-0.05, 0) is 53.8 Å². The normalized spacial score (nSPS) is 22.3. The number of hydrogen-bond acceptors (Lipinski definition) is 4. The Morgan fingerprint density at radius 1 is 1.37 bits per heavy atom. The molecule has 100 valence electrons. The molecule has 1 saturated carbocycles. The van der Waals surface area contributed by atoms with E-state index in [4.69, 9.17) is 5.73 Å². The van der Waals surface area contributed by atoms with E-state index in [9.17, 15) is 0 Å². The number of nitrogens with two attached hydrogens (primary N) is 1. The van der Waals surface area contributed by atoms with Crippen LogP contribution in [0.2, 0.25) is 0 Å². The lowest BCUT2D eigenvalue weighted by Gasteiger charge is -2.32. The molecule has 1 aliphatic carbocycles. The van der Waals surface area contributed by atoms with Crippen LogP contribution in [0.5, 0.6) is 0 Å². The predicted octanol–water partition coefficient (Wildman–Crippen LogP) is 2.96. The van der Waals surface area contributed by atoms with Crippen molar-refractivity contribution in [2.24, 2.45) is 5.92 Å². The number of hydrogen-bond donors (Lipinski definition) is 1. The second-order valence-corrected chi connectivity index (χ2v) is 6.26. The molecule has 1 heterocycles. The van der Waals surface area contributed by atoms with E-state index in [2.05, 4.69) is 38.4 Å². The Kier molecular flexibility index (Phi) is 3.05. The van der Waals surface area contributed by atoms with Crippen LogP contribution in [-0.2, 0) is 0 Å². The molecule has 1 aromatic heterocycles. The third-order valence-corrected chi connectivity index (χ3v) is 4.30. The Hall–Kier alpha value is -1.43. The molecule has 3 rings (SSSR count). The molecule has 2 N–H and O–H groups in total. The summed E-state index contributed by atoms with van der Waals surface area (Å²) in [6.07, 6.45) is 2.28. The van der Waals surface area contributed by atoms with Crippen molar-refractivity contribution in [1.29, 1.82) is 0 Å². The van der Waals surface area contributed by atoms with Gasteiger partial charge in [-0.1, -0.05) is 22.9 Å². The number of aromatic nitrogens is 4. The van der Waals surface area contributed by atoms with Crippen molar-refractivity contribution in [2.45, 2.75) is 32.7 Å². The molecule has 1 aliphatic rings. The fourth-order valence-electron chi connectivity index (χ4n) is 2.61. The van der Waals surface area contributed by atoms with Crippen LogP contribution in [0.3, 0.4) is 0 Å². The van der Waals surface area contributed by atoms with E-state index in [-0.39, 0.29) is 0 Å². The molecule has 6 heteroatoms. The maximum absolute atomic E-state index is 6.01. The molecule has 0 bridgehead atoms. The topological polar surface area (TPSA) is 69.6 Å². The maximum Gasteiger partial charge on any atom is 0.182 e. The van der Waals surface area contributed by atoms with Gasteiger partial charge in [0.2, 0.25) is 0 Å². The molecule has 0 saturated heterocycles. The van der Waals surface area contributed by atoms with Crippen LogP contribution in [-0.4, -0.2) is 20.2 Å². The van der Waals surface area contributed by atoms with Gasteiger partial charge >= 0.3 is 0 Å². The van der Waals surface area contributed by atoms with Gasteiger partial charge in [0, 0.05) is 15.7 Å². The number of halogens is 1. The summed E-state index contributed by atoms with van der Waals surface area (Å²) in [5.74, 6) is 1.57. The molecule has 19 heavy (non-hydrogen) atoms. The van der Waals surface area contributed by atoms with E-state index >= 15 is 0 Å². The van der Waals surface area contributed by atoms with Crippen molar-refractivity contribution in [2.75, 3.05) is 5.73 Å². The molecule has 0 atom stereocenters. The number of nitrogens with zero attached hydrogens (tertiary/aromatic N) is 4. The highest BCUT2D eigenvalue weighted by atomic mass is 79.9. The number of anilines is 1. The second kappa shape index (κ2) is 4.59. The first-order valence-corrected chi connectivity index (χ1v) is 7.19. The first-order valence-electron chi connectivity index (χ1n) is 6.40. The van der Waals surface area contributed by atoms with Crippen molar-refractivity contribution >= 4 is 21.6 Å². The standard InChI is InChI=1S/C13H16BrN5/c1-7-3-10(4-7)19-13(16-17-18-19)11-5-9(14)6-12(15)8(11)2/h5-7,10H,3-4,15H2,1-2H3. The van der Waals surface area contributed by atoms with Gasteiger partial charge in [0.1, 0.15) is 0 Å². The Bertz CT molecular complexity index is 615. The molecule has 0 aliphatic heterocycles. The van der Waals surface area contributed by atoms with Gasteiger partial charge in [-0.3, -0.25) is 0 Å². The van der Waals surface area contributed by atoms with Gasteiger partial charge in [-0.2, -0.15) is 0 Å². The minimum absolute atomic E-state index is 0.416. The van der Waals surface area contributed by atoms with Gasteiger partial charge < -0.3 is 5.73 Å². The van der Waals surface area contributed by atoms with Gasteiger partial charge in [0.15, 0.2) is 5.82 Å². The summed E-state index contributed by atoms with van der Waals surface area (Å²) in [5, 5.41) is 12.2. The lowest BCUT2D eigenvalue weighted by Crippen LogP contribution is -2.26. The van der Waals surface area contributed by atoms with E-state index < -0.39 is 0 Å². The molecule has 0 spiro atoms. The molecular formula is C13H16BrN5. The summed E-state index contributed by atoms with van der Waals surface area (Å²) in [6.45, 7) is 4.25. The SMILES string of the molecule is Cc1c(N)cc(Br)cc1-c1nnnn1C1CC(C)C1.